The van der Waals surface area contributed by atoms with E-state index >= 15 is 0 Å². The van der Waals surface area contributed by atoms with E-state index in [0.29, 0.717) is 5.25 Å². The third kappa shape index (κ3) is 3.89. The lowest BCUT2D eigenvalue weighted by molar-refractivity contribution is 0.267. The molecule has 4 heteroatoms. The van der Waals surface area contributed by atoms with Crippen molar-refractivity contribution in [3.05, 3.63) is 0 Å². The highest BCUT2D eigenvalue weighted by molar-refractivity contribution is 8.14. The third-order valence-electron chi connectivity index (χ3n) is 3.85. The molecular formula is C14H27N3S. The van der Waals surface area contributed by atoms with Gasteiger partial charge >= 0.3 is 0 Å². The average Bonchev–Trinajstić information content (AvgIpc) is 2.93. The van der Waals surface area contributed by atoms with Gasteiger partial charge in [0, 0.05) is 17.8 Å². The van der Waals surface area contributed by atoms with Crippen molar-refractivity contribution in [2.45, 2.75) is 51.3 Å². The largest absolute Gasteiger partial charge is 0.363 e. The third-order valence-corrected chi connectivity index (χ3v) is 5.02. The summed E-state index contributed by atoms with van der Waals surface area (Å²) in [7, 11) is 0. The number of likely N-dealkylation sites (N-methyl/N-ethyl adjacent to an activating group) is 1. The SMILES string of the molecule is CCN1CCCC1CNC1=NCC(CC(C)C)S1. The monoisotopic (exact) mass is 269 g/mol. The lowest BCUT2D eigenvalue weighted by Crippen LogP contribution is -2.39. The van der Waals surface area contributed by atoms with Crippen molar-refractivity contribution in [3.8, 4) is 0 Å². The minimum atomic E-state index is 0.707. The number of aliphatic imine (C=N–C) groups is 1. The Bertz CT molecular complexity index is 291. The van der Waals surface area contributed by atoms with E-state index in [1.54, 1.807) is 0 Å². The van der Waals surface area contributed by atoms with Crippen LogP contribution in [0.2, 0.25) is 0 Å². The molecule has 1 saturated heterocycles. The molecular weight excluding hydrogens is 242 g/mol. The van der Waals surface area contributed by atoms with Crippen LogP contribution in [-0.2, 0) is 0 Å². The number of hydrogen-bond donors (Lipinski definition) is 1. The molecule has 0 amide bonds. The van der Waals surface area contributed by atoms with Gasteiger partial charge in [-0.3, -0.25) is 9.89 Å². The van der Waals surface area contributed by atoms with Crippen molar-refractivity contribution in [1.82, 2.24) is 10.2 Å². The predicted octanol–water partition coefficient (Wildman–Crippen LogP) is 2.58. The van der Waals surface area contributed by atoms with E-state index in [1.165, 1.54) is 37.5 Å². The Morgan fingerprint density at radius 2 is 2.33 bits per heavy atom. The Hall–Kier alpha value is -0.220. The van der Waals surface area contributed by atoms with Gasteiger partial charge in [0.15, 0.2) is 5.17 Å². The molecule has 0 radical (unpaired) electrons. The standard InChI is InChI=1S/C14H27N3S/c1-4-17-7-5-6-12(17)9-15-14-16-10-13(18-14)8-11(2)3/h11-13H,4-10H2,1-3H3,(H,15,16). The lowest BCUT2D eigenvalue weighted by Gasteiger charge is -2.23. The fourth-order valence-electron chi connectivity index (χ4n) is 2.91. The zero-order chi connectivity index (χ0) is 13.0. The first kappa shape index (κ1) is 14.2. The smallest absolute Gasteiger partial charge is 0.156 e. The molecule has 0 aromatic heterocycles. The quantitative estimate of drug-likeness (QED) is 0.831. The highest BCUT2D eigenvalue weighted by Crippen LogP contribution is 2.25. The first-order chi connectivity index (χ1) is 8.69. The Morgan fingerprint density at radius 3 is 3.06 bits per heavy atom. The first-order valence-electron chi connectivity index (χ1n) is 7.38. The Balaban J connectivity index is 1.69. The van der Waals surface area contributed by atoms with Gasteiger partial charge in [-0.25, -0.2) is 0 Å². The molecule has 2 aliphatic rings. The number of rotatable bonds is 5. The van der Waals surface area contributed by atoms with Crippen LogP contribution in [0.3, 0.4) is 0 Å². The Morgan fingerprint density at radius 1 is 1.50 bits per heavy atom. The number of likely N-dealkylation sites (tertiary alicyclic amines) is 1. The summed E-state index contributed by atoms with van der Waals surface area (Å²) < 4.78 is 0. The summed E-state index contributed by atoms with van der Waals surface area (Å²) >= 11 is 1.95. The van der Waals surface area contributed by atoms with E-state index in [0.717, 1.165) is 25.0 Å². The Labute approximate surface area is 116 Å². The van der Waals surface area contributed by atoms with Crippen LogP contribution in [0.15, 0.2) is 4.99 Å². The molecule has 2 aliphatic heterocycles. The maximum Gasteiger partial charge on any atom is 0.156 e. The van der Waals surface area contributed by atoms with E-state index in [4.69, 9.17) is 0 Å². The van der Waals surface area contributed by atoms with E-state index < -0.39 is 0 Å². The summed E-state index contributed by atoms with van der Waals surface area (Å²) in [5, 5.41) is 5.45. The topological polar surface area (TPSA) is 27.6 Å². The second-order valence-corrected chi connectivity index (χ2v) is 7.11. The second kappa shape index (κ2) is 6.80. The zero-order valence-electron chi connectivity index (χ0n) is 12.0. The molecule has 0 saturated carbocycles. The van der Waals surface area contributed by atoms with Gasteiger partial charge in [-0.2, -0.15) is 0 Å². The van der Waals surface area contributed by atoms with Crippen molar-refractivity contribution >= 4 is 16.9 Å². The molecule has 0 bridgehead atoms. The van der Waals surface area contributed by atoms with Crippen molar-refractivity contribution in [2.24, 2.45) is 10.9 Å². The molecule has 1 fully saturated rings. The number of nitrogens with one attached hydrogen (secondary N) is 1. The summed E-state index contributed by atoms with van der Waals surface area (Å²) in [6.45, 7) is 11.4. The summed E-state index contributed by atoms with van der Waals surface area (Å²) in [4.78, 5) is 7.21. The van der Waals surface area contributed by atoms with Gasteiger partial charge < -0.3 is 5.32 Å². The summed E-state index contributed by atoms with van der Waals surface area (Å²) in [6.07, 6.45) is 3.98. The fraction of sp³-hybridized carbons (Fsp3) is 0.929. The van der Waals surface area contributed by atoms with Crippen LogP contribution in [0.25, 0.3) is 0 Å². The van der Waals surface area contributed by atoms with Crippen molar-refractivity contribution in [3.63, 3.8) is 0 Å². The number of thioether (sulfide) groups is 1. The molecule has 2 atom stereocenters. The van der Waals surface area contributed by atoms with Crippen molar-refractivity contribution in [1.29, 1.82) is 0 Å². The van der Waals surface area contributed by atoms with Gasteiger partial charge in [-0.15, -0.1) is 0 Å². The second-order valence-electron chi connectivity index (χ2n) is 5.82. The van der Waals surface area contributed by atoms with Crippen LogP contribution in [0, 0.1) is 5.92 Å². The van der Waals surface area contributed by atoms with Crippen molar-refractivity contribution in [2.75, 3.05) is 26.2 Å². The maximum absolute atomic E-state index is 4.63. The predicted molar refractivity (Wildman–Crippen MR) is 81.4 cm³/mol. The molecule has 0 aliphatic carbocycles. The minimum absolute atomic E-state index is 0.707. The molecule has 2 heterocycles. The van der Waals surface area contributed by atoms with Crippen molar-refractivity contribution < 1.29 is 0 Å². The first-order valence-corrected chi connectivity index (χ1v) is 8.26. The van der Waals surface area contributed by atoms with Crippen LogP contribution >= 0.6 is 11.8 Å². The van der Waals surface area contributed by atoms with Crippen LogP contribution in [0.5, 0.6) is 0 Å². The summed E-state index contributed by atoms with van der Waals surface area (Å²) in [5.41, 5.74) is 0. The van der Waals surface area contributed by atoms with Crippen LogP contribution in [-0.4, -0.2) is 47.5 Å². The molecule has 0 aromatic rings. The number of nitrogens with zero attached hydrogens (tertiary/aromatic N) is 2. The summed E-state index contributed by atoms with van der Waals surface area (Å²) in [6, 6.07) is 0.724. The highest BCUT2D eigenvalue weighted by atomic mass is 32.2. The van der Waals surface area contributed by atoms with Gasteiger partial charge in [0.2, 0.25) is 0 Å². The van der Waals surface area contributed by atoms with E-state index in [9.17, 15) is 0 Å². The van der Waals surface area contributed by atoms with E-state index in [-0.39, 0.29) is 0 Å². The molecule has 18 heavy (non-hydrogen) atoms. The lowest BCUT2D eigenvalue weighted by atomic mass is 10.1. The molecule has 0 spiro atoms. The van der Waals surface area contributed by atoms with Crippen LogP contribution in [0.1, 0.15) is 40.0 Å². The zero-order valence-corrected chi connectivity index (χ0v) is 12.8. The fourth-order valence-corrected chi connectivity index (χ4v) is 4.17. The minimum Gasteiger partial charge on any atom is -0.363 e. The number of amidine groups is 1. The molecule has 1 N–H and O–H groups in total. The van der Waals surface area contributed by atoms with Gasteiger partial charge in [0.05, 0.1) is 6.54 Å². The van der Waals surface area contributed by atoms with Crippen LogP contribution in [0.4, 0.5) is 0 Å². The number of hydrogen-bond acceptors (Lipinski definition) is 4. The molecule has 3 nitrogen and oxygen atoms in total. The molecule has 0 aromatic carbocycles. The average molecular weight is 269 g/mol. The highest BCUT2D eigenvalue weighted by Gasteiger charge is 2.25. The van der Waals surface area contributed by atoms with Gasteiger partial charge in [0.1, 0.15) is 0 Å². The van der Waals surface area contributed by atoms with Gasteiger partial charge in [-0.1, -0.05) is 32.5 Å². The van der Waals surface area contributed by atoms with Gasteiger partial charge in [-0.05, 0) is 38.3 Å². The molecule has 104 valence electrons. The van der Waals surface area contributed by atoms with Gasteiger partial charge in [0.25, 0.3) is 0 Å². The van der Waals surface area contributed by atoms with Crippen LogP contribution < -0.4 is 5.32 Å². The van der Waals surface area contributed by atoms with E-state index in [1.807, 2.05) is 11.8 Å². The molecule has 2 unspecified atom stereocenters. The van der Waals surface area contributed by atoms with E-state index in [2.05, 4.69) is 36.0 Å². The maximum atomic E-state index is 4.63. The Kier molecular flexibility index (Phi) is 5.37. The molecule has 2 rings (SSSR count). The summed E-state index contributed by atoms with van der Waals surface area (Å²) in [5.74, 6) is 0.780. The normalized spacial score (nSPS) is 29.0.